The molecule has 1 unspecified atom stereocenters. The predicted octanol–water partition coefficient (Wildman–Crippen LogP) is 3.00. The standard InChI is InChI=1S/C14H26N2/c1-5-13(3)9-7-10-15-11-8-12-16-14(4)6-2/h5,7,9-10,14-16H,1,6,8,11-12H2,2-4H3/b10-7-,13-9-. The summed E-state index contributed by atoms with van der Waals surface area (Å²) in [6, 6.07) is 0.633. The molecule has 0 aromatic rings. The SMILES string of the molecule is C=C/C(C)=C\C=C/NCCCNC(C)CC. The monoisotopic (exact) mass is 222 g/mol. The van der Waals surface area contributed by atoms with E-state index < -0.39 is 0 Å². The number of rotatable bonds is 9. The lowest BCUT2D eigenvalue weighted by atomic mass is 10.2. The number of allylic oxidation sites excluding steroid dienone is 4. The highest BCUT2D eigenvalue weighted by Crippen LogP contribution is 1.91. The molecule has 2 nitrogen and oxygen atoms in total. The Bertz CT molecular complexity index is 229. The summed E-state index contributed by atoms with van der Waals surface area (Å²) in [5.74, 6) is 0. The molecular weight excluding hydrogens is 196 g/mol. The average Bonchev–Trinajstić information content (AvgIpc) is 2.31. The molecule has 2 N–H and O–H groups in total. The van der Waals surface area contributed by atoms with E-state index in [-0.39, 0.29) is 0 Å². The highest BCUT2D eigenvalue weighted by molar-refractivity contribution is 5.19. The molecule has 0 aliphatic rings. The number of hydrogen-bond acceptors (Lipinski definition) is 2. The van der Waals surface area contributed by atoms with E-state index in [0.29, 0.717) is 6.04 Å². The normalized spacial score (nSPS) is 14.1. The van der Waals surface area contributed by atoms with Crippen molar-refractivity contribution in [2.45, 2.75) is 39.7 Å². The van der Waals surface area contributed by atoms with Crippen molar-refractivity contribution in [2.24, 2.45) is 0 Å². The van der Waals surface area contributed by atoms with Crippen LogP contribution in [-0.4, -0.2) is 19.1 Å². The minimum Gasteiger partial charge on any atom is -0.391 e. The van der Waals surface area contributed by atoms with E-state index in [2.05, 4.69) is 31.1 Å². The van der Waals surface area contributed by atoms with Crippen LogP contribution in [0, 0.1) is 0 Å². The predicted molar refractivity (Wildman–Crippen MR) is 73.5 cm³/mol. The van der Waals surface area contributed by atoms with E-state index in [0.717, 1.165) is 19.5 Å². The summed E-state index contributed by atoms with van der Waals surface area (Å²) in [6.07, 6.45) is 10.2. The van der Waals surface area contributed by atoms with Gasteiger partial charge in [0.15, 0.2) is 0 Å². The summed E-state index contributed by atoms with van der Waals surface area (Å²) in [5.41, 5.74) is 1.18. The molecule has 0 saturated carbocycles. The zero-order valence-corrected chi connectivity index (χ0v) is 10.9. The van der Waals surface area contributed by atoms with Crippen LogP contribution >= 0.6 is 0 Å². The second-order valence-corrected chi connectivity index (χ2v) is 4.05. The van der Waals surface area contributed by atoms with Crippen LogP contribution in [-0.2, 0) is 0 Å². The van der Waals surface area contributed by atoms with Crippen LogP contribution in [0.3, 0.4) is 0 Å². The molecule has 0 rings (SSSR count). The van der Waals surface area contributed by atoms with Crippen LogP contribution in [0.5, 0.6) is 0 Å². The summed E-state index contributed by atoms with van der Waals surface area (Å²) in [4.78, 5) is 0. The highest BCUT2D eigenvalue weighted by atomic mass is 14.9. The molecule has 16 heavy (non-hydrogen) atoms. The third-order valence-corrected chi connectivity index (χ3v) is 2.50. The first-order chi connectivity index (χ1) is 7.70. The maximum atomic E-state index is 3.69. The second-order valence-electron chi connectivity index (χ2n) is 4.05. The van der Waals surface area contributed by atoms with Gasteiger partial charge in [0.2, 0.25) is 0 Å². The molecule has 0 fully saturated rings. The number of hydrogen-bond donors (Lipinski definition) is 2. The van der Waals surface area contributed by atoms with E-state index in [1.807, 2.05) is 31.4 Å². The Morgan fingerprint density at radius 3 is 2.75 bits per heavy atom. The molecule has 0 amide bonds. The summed E-state index contributed by atoms with van der Waals surface area (Å²) in [6.45, 7) is 12.2. The lowest BCUT2D eigenvalue weighted by Crippen LogP contribution is -2.27. The molecule has 0 aromatic heterocycles. The van der Waals surface area contributed by atoms with Gasteiger partial charge in [0, 0.05) is 12.6 Å². The minimum absolute atomic E-state index is 0.633. The van der Waals surface area contributed by atoms with Gasteiger partial charge in [-0.25, -0.2) is 0 Å². The van der Waals surface area contributed by atoms with E-state index in [1.54, 1.807) is 0 Å². The first-order valence-corrected chi connectivity index (χ1v) is 6.13. The van der Waals surface area contributed by atoms with E-state index in [4.69, 9.17) is 0 Å². The van der Waals surface area contributed by atoms with Gasteiger partial charge < -0.3 is 10.6 Å². The molecule has 2 heteroatoms. The molecule has 0 aromatic carbocycles. The molecule has 0 radical (unpaired) electrons. The van der Waals surface area contributed by atoms with E-state index in [9.17, 15) is 0 Å². The summed E-state index contributed by atoms with van der Waals surface area (Å²) in [7, 11) is 0. The average molecular weight is 222 g/mol. The zero-order valence-electron chi connectivity index (χ0n) is 10.9. The molecule has 92 valence electrons. The fourth-order valence-corrected chi connectivity index (χ4v) is 1.10. The second kappa shape index (κ2) is 10.5. The largest absolute Gasteiger partial charge is 0.391 e. The third-order valence-electron chi connectivity index (χ3n) is 2.50. The van der Waals surface area contributed by atoms with E-state index in [1.165, 1.54) is 12.0 Å². The quantitative estimate of drug-likeness (QED) is 0.463. The smallest absolute Gasteiger partial charge is 0.0153 e. The Labute approximate surface area is 101 Å². The Morgan fingerprint density at radius 1 is 1.38 bits per heavy atom. The maximum Gasteiger partial charge on any atom is 0.0153 e. The van der Waals surface area contributed by atoms with Crippen LogP contribution in [0.2, 0.25) is 0 Å². The van der Waals surface area contributed by atoms with Gasteiger partial charge in [0.05, 0.1) is 0 Å². The molecule has 0 saturated heterocycles. The molecule has 0 aliphatic heterocycles. The molecule has 0 heterocycles. The number of nitrogens with one attached hydrogen (secondary N) is 2. The van der Waals surface area contributed by atoms with Crippen molar-refractivity contribution in [2.75, 3.05) is 13.1 Å². The first kappa shape index (κ1) is 15.0. The zero-order chi connectivity index (χ0) is 12.2. The molecule has 0 aliphatic carbocycles. The maximum absolute atomic E-state index is 3.69. The van der Waals surface area contributed by atoms with Gasteiger partial charge in [-0.3, -0.25) is 0 Å². The van der Waals surface area contributed by atoms with Crippen LogP contribution in [0.25, 0.3) is 0 Å². The van der Waals surface area contributed by atoms with Crippen LogP contribution in [0.4, 0.5) is 0 Å². The fourth-order valence-electron chi connectivity index (χ4n) is 1.10. The Morgan fingerprint density at radius 2 is 2.12 bits per heavy atom. The van der Waals surface area contributed by atoms with Crippen molar-refractivity contribution < 1.29 is 0 Å². The van der Waals surface area contributed by atoms with Crippen molar-refractivity contribution >= 4 is 0 Å². The summed E-state index contributed by atoms with van der Waals surface area (Å²) >= 11 is 0. The Balaban J connectivity index is 3.37. The van der Waals surface area contributed by atoms with Gasteiger partial charge in [0.25, 0.3) is 0 Å². The fraction of sp³-hybridized carbons (Fsp3) is 0.571. The molecule has 1 atom stereocenters. The van der Waals surface area contributed by atoms with Crippen LogP contribution < -0.4 is 10.6 Å². The first-order valence-electron chi connectivity index (χ1n) is 6.13. The highest BCUT2D eigenvalue weighted by Gasteiger charge is 1.94. The Hall–Kier alpha value is -1.02. The lowest BCUT2D eigenvalue weighted by Gasteiger charge is -2.10. The van der Waals surface area contributed by atoms with Crippen molar-refractivity contribution in [1.82, 2.24) is 10.6 Å². The molecule has 0 bridgehead atoms. The minimum atomic E-state index is 0.633. The van der Waals surface area contributed by atoms with Gasteiger partial charge in [-0.2, -0.15) is 0 Å². The lowest BCUT2D eigenvalue weighted by molar-refractivity contribution is 0.521. The Kier molecular flexibility index (Phi) is 9.83. The summed E-state index contributed by atoms with van der Waals surface area (Å²) in [5, 5.41) is 6.72. The van der Waals surface area contributed by atoms with Crippen LogP contribution in [0.1, 0.15) is 33.6 Å². The van der Waals surface area contributed by atoms with Crippen molar-refractivity contribution in [3.8, 4) is 0 Å². The van der Waals surface area contributed by atoms with Crippen molar-refractivity contribution in [3.63, 3.8) is 0 Å². The van der Waals surface area contributed by atoms with Gasteiger partial charge in [-0.15, -0.1) is 0 Å². The summed E-state index contributed by atoms with van der Waals surface area (Å²) < 4.78 is 0. The van der Waals surface area contributed by atoms with Gasteiger partial charge in [-0.1, -0.05) is 31.2 Å². The van der Waals surface area contributed by atoms with Crippen molar-refractivity contribution in [1.29, 1.82) is 0 Å². The topological polar surface area (TPSA) is 24.1 Å². The van der Waals surface area contributed by atoms with Crippen LogP contribution in [0.15, 0.2) is 36.6 Å². The van der Waals surface area contributed by atoms with E-state index >= 15 is 0 Å². The third kappa shape index (κ3) is 9.53. The van der Waals surface area contributed by atoms with Crippen molar-refractivity contribution in [3.05, 3.63) is 36.6 Å². The molecular formula is C14H26N2. The van der Waals surface area contributed by atoms with Gasteiger partial charge in [0.1, 0.15) is 0 Å². The van der Waals surface area contributed by atoms with Gasteiger partial charge in [-0.05, 0) is 45.5 Å². The molecule has 0 spiro atoms. The van der Waals surface area contributed by atoms with Gasteiger partial charge >= 0.3 is 0 Å².